The first-order valence-electron chi connectivity index (χ1n) is 4.89. The summed E-state index contributed by atoms with van der Waals surface area (Å²) >= 11 is 3.26. The van der Waals surface area contributed by atoms with E-state index in [1.54, 1.807) is 12.1 Å². The number of ether oxygens (including phenoxy) is 2. The van der Waals surface area contributed by atoms with Crippen molar-refractivity contribution in [3.63, 3.8) is 0 Å². The molecular weight excluding hydrogens is 263 g/mol. The molecule has 15 heavy (non-hydrogen) atoms. The Bertz CT molecular complexity index is 305. The van der Waals surface area contributed by atoms with Crippen molar-refractivity contribution in [2.75, 3.05) is 19.8 Å². The predicted octanol–water partition coefficient (Wildman–Crippen LogP) is 3.39. The molecule has 1 aromatic carbocycles. The standard InChI is InChI=1S/C11H14BrFO2/c1-2-14-6-3-7-15-11-8-9(12)4-5-10(11)13/h4-5,8H,2-3,6-7H2,1H3. The molecule has 4 heteroatoms. The number of halogens is 2. The van der Waals surface area contributed by atoms with E-state index in [1.165, 1.54) is 6.07 Å². The molecule has 2 nitrogen and oxygen atoms in total. The minimum atomic E-state index is -0.338. The van der Waals surface area contributed by atoms with Crippen molar-refractivity contribution in [2.24, 2.45) is 0 Å². The third-order valence-corrected chi connectivity index (χ3v) is 2.28. The number of hydrogen-bond acceptors (Lipinski definition) is 2. The van der Waals surface area contributed by atoms with Gasteiger partial charge in [-0.1, -0.05) is 15.9 Å². The minimum Gasteiger partial charge on any atom is -0.490 e. The maximum Gasteiger partial charge on any atom is 0.165 e. The van der Waals surface area contributed by atoms with Crippen molar-refractivity contribution in [1.82, 2.24) is 0 Å². The maximum absolute atomic E-state index is 13.2. The van der Waals surface area contributed by atoms with Gasteiger partial charge < -0.3 is 9.47 Å². The van der Waals surface area contributed by atoms with Crippen molar-refractivity contribution in [1.29, 1.82) is 0 Å². The highest BCUT2D eigenvalue weighted by Crippen LogP contribution is 2.22. The van der Waals surface area contributed by atoms with Crippen LogP contribution in [0.5, 0.6) is 5.75 Å². The van der Waals surface area contributed by atoms with Gasteiger partial charge in [0, 0.05) is 24.1 Å². The van der Waals surface area contributed by atoms with E-state index in [-0.39, 0.29) is 11.6 Å². The average molecular weight is 277 g/mol. The summed E-state index contributed by atoms with van der Waals surface area (Å²) in [6.45, 7) is 3.75. The van der Waals surface area contributed by atoms with Crippen LogP contribution in [0.25, 0.3) is 0 Å². The van der Waals surface area contributed by atoms with Gasteiger partial charge in [0.15, 0.2) is 11.6 Å². The molecule has 0 heterocycles. The zero-order valence-corrected chi connectivity index (χ0v) is 10.2. The lowest BCUT2D eigenvalue weighted by Gasteiger charge is -2.07. The molecule has 0 aliphatic heterocycles. The molecule has 0 fully saturated rings. The van der Waals surface area contributed by atoms with Crippen LogP contribution in [0.3, 0.4) is 0 Å². The molecule has 0 aliphatic rings. The molecule has 84 valence electrons. The van der Waals surface area contributed by atoms with Crippen LogP contribution in [0.1, 0.15) is 13.3 Å². The van der Waals surface area contributed by atoms with E-state index in [1.807, 2.05) is 6.92 Å². The van der Waals surface area contributed by atoms with Gasteiger partial charge >= 0.3 is 0 Å². The second-order valence-electron chi connectivity index (χ2n) is 2.97. The van der Waals surface area contributed by atoms with E-state index in [4.69, 9.17) is 9.47 Å². The fourth-order valence-corrected chi connectivity index (χ4v) is 1.42. The summed E-state index contributed by atoms with van der Waals surface area (Å²) in [6, 6.07) is 4.64. The van der Waals surface area contributed by atoms with Gasteiger partial charge in [-0.25, -0.2) is 4.39 Å². The maximum atomic E-state index is 13.2. The third kappa shape index (κ3) is 4.62. The fraction of sp³-hybridized carbons (Fsp3) is 0.455. The Hall–Kier alpha value is -0.610. The largest absolute Gasteiger partial charge is 0.490 e. The molecule has 0 saturated carbocycles. The molecule has 0 bridgehead atoms. The first kappa shape index (κ1) is 12.5. The molecule has 0 aliphatic carbocycles. The van der Waals surface area contributed by atoms with Crippen molar-refractivity contribution >= 4 is 15.9 Å². The van der Waals surface area contributed by atoms with Gasteiger partial charge in [0.25, 0.3) is 0 Å². The zero-order chi connectivity index (χ0) is 11.1. The Balaban J connectivity index is 2.33. The Morgan fingerprint density at radius 3 is 2.87 bits per heavy atom. The monoisotopic (exact) mass is 276 g/mol. The summed E-state index contributed by atoms with van der Waals surface area (Å²) in [5.74, 6) is -0.0597. The molecule has 0 amide bonds. The van der Waals surface area contributed by atoms with E-state index in [0.717, 1.165) is 10.9 Å². The summed E-state index contributed by atoms with van der Waals surface area (Å²) in [5.41, 5.74) is 0. The molecule has 0 radical (unpaired) electrons. The lowest BCUT2D eigenvalue weighted by atomic mass is 10.3. The number of benzene rings is 1. The minimum absolute atomic E-state index is 0.279. The Morgan fingerprint density at radius 1 is 1.33 bits per heavy atom. The van der Waals surface area contributed by atoms with Gasteiger partial charge in [-0.15, -0.1) is 0 Å². The normalized spacial score (nSPS) is 10.3. The highest BCUT2D eigenvalue weighted by molar-refractivity contribution is 9.10. The smallest absolute Gasteiger partial charge is 0.165 e. The van der Waals surface area contributed by atoms with Crippen molar-refractivity contribution in [3.05, 3.63) is 28.5 Å². The van der Waals surface area contributed by atoms with Crippen LogP contribution in [0.15, 0.2) is 22.7 Å². The SMILES string of the molecule is CCOCCCOc1cc(Br)ccc1F. The molecule has 0 saturated heterocycles. The van der Waals surface area contributed by atoms with Gasteiger partial charge in [0.2, 0.25) is 0 Å². The van der Waals surface area contributed by atoms with E-state index in [2.05, 4.69) is 15.9 Å². The number of hydrogen-bond donors (Lipinski definition) is 0. The van der Waals surface area contributed by atoms with Crippen molar-refractivity contribution in [2.45, 2.75) is 13.3 Å². The summed E-state index contributed by atoms with van der Waals surface area (Å²) in [7, 11) is 0. The van der Waals surface area contributed by atoms with Gasteiger partial charge in [-0.2, -0.15) is 0 Å². The first-order chi connectivity index (χ1) is 7.24. The van der Waals surface area contributed by atoms with Gasteiger partial charge in [-0.05, 0) is 25.1 Å². The van der Waals surface area contributed by atoms with Crippen molar-refractivity contribution < 1.29 is 13.9 Å². The van der Waals surface area contributed by atoms with Crippen LogP contribution in [-0.2, 0) is 4.74 Å². The fourth-order valence-electron chi connectivity index (χ4n) is 1.08. The van der Waals surface area contributed by atoms with Crippen LogP contribution in [-0.4, -0.2) is 19.8 Å². The van der Waals surface area contributed by atoms with E-state index in [9.17, 15) is 4.39 Å². The van der Waals surface area contributed by atoms with Crippen LogP contribution in [0.2, 0.25) is 0 Å². The van der Waals surface area contributed by atoms with Gasteiger partial charge in [0.05, 0.1) is 6.61 Å². The van der Waals surface area contributed by atoms with Crippen molar-refractivity contribution in [3.8, 4) is 5.75 Å². The van der Waals surface area contributed by atoms with Gasteiger partial charge in [-0.3, -0.25) is 0 Å². The molecular formula is C11H14BrFO2. The highest BCUT2D eigenvalue weighted by Gasteiger charge is 2.03. The quantitative estimate of drug-likeness (QED) is 0.742. The van der Waals surface area contributed by atoms with Crippen LogP contribution >= 0.6 is 15.9 Å². The summed E-state index contributed by atoms with van der Waals surface area (Å²) in [6.07, 6.45) is 0.764. The van der Waals surface area contributed by atoms with E-state index < -0.39 is 0 Å². The number of rotatable bonds is 6. The zero-order valence-electron chi connectivity index (χ0n) is 8.63. The predicted molar refractivity (Wildman–Crippen MR) is 60.7 cm³/mol. The summed E-state index contributed by atoms with van der Waals surface area (Å²) in [5, 5.41) is 0. The lowest BCUT2D eigenvalue weighted by Crippen LogP contribution is -2.03. The Morgan fingerprint density at radius 2 is 2.13 bits per heavy atom. The second kappa shape index (κ2) is 6.80. The summed E-state index contributed by atoms with van der Waals surface area (Å²) < 4.78 is 24.4. The van der Waals surface area contributed by atoms with Crippen LogP contribution < -0.4 is 4.74 Å². The second-order valence-corrected chi connectivity index (χ2v) is 3.89. The van der Waals surface area contributed by atoms with Crippen LogP contribution in [0.4, 0.5) is 4.39 Å². The van der Waals surface area contributed by atoms with Crippen LogP contribution in [0, 0.1) is 5.82 Å². The van der Waals surface area contributed by atoms with E-state index >= 15 is 0 Å². The molecule has 0 aromatic heterocycles. The summed E-state index contributed by atoms with van der Waals surface area (Å²) in [4.78, 5) is 0. The van der Waals surface area contributed by atoms with Gasteiger partial charge in [0.1, 0.15) is 0 Å². The highest BCUT2D eigenvalue weighted by atomic mass is 79.9. The topological polar surface area (TPSA) is 18.5 Å². The molecule has 0 atom stereocenters. The lowest BCUT2D eigenvalue weighted by molar-refractivity contribution is 0.130. The molecule has 1 aromatic rings. The Kier molecular flexibility index (Phi) is 5.65. The molecule has 0 N–H and O–H groups in total. The molecule has 0 unspecified atom stereocenters. The third-order valence-electron chi connectivity index (χ3n) is 1.79. The molecule has 1 rings (SSSR count). The first-order valence-corrected chi connectivity index (χ1v) is 5.69. The average Bonchev–Trinajstić information content (AvgIpc) is 2.23. The molecule has 0 spiro atoms. The van der Waals surface area contributed by atoms with E-state index in [0.29, 0.717) is 19.8 Å². The Labute approximate surface area is 97.5 Å².